The molecule has 3 heteroatoms. The fourth-order valence-electron chi connectivity index (χ4n) is 1.60. The summed E-state index contributed by atoms with van der Waals surface area (Å²) in [7, 11) is 1.58. The predicted octanol–water partition coefficient (Wildman–Crippen LogP) is 2.37. The van der Waals surface area contributed by atoms with Crippen LogP contribution in [0.15, 0.2) is 24.3 Å². The SMILES string of the molecule is COCCC(C)(C(=O)O)c1ccc(C)cc1. The molecule has 88 valence electrons. The molecule has 0 radical (unpaired) electrons. The second-order valence-electron chi connectivity index (χ2n) is 4.25. The maximum absolute atomic E-state index is 11.4. The molecule has 0 saturated carbocycles. The number of hydrogen-bond acceptors (Lipinski definition) is 2. The van der Waals surface area contributed by atoms with Crippen molar-refractivity contribution in [2.24, 2.45) is 0 Å². The Balaban J connectivity index is 3.01. The number of carbonyl (C=O) groups is 1. The molecular formula is C13H18O3. The van der Waals surface area contributed by atoms with E-state index in [2.05, 4.69) is 0 Å². The maximum atomic E-state index is 11.4. The first-order chi connectivity index (χ1) is 7.50. The van der Waals surface area contributed by atoms with Gasteiger partial charge in [0.05, 0.1) is 5.41 Å². The molecule has 0 spiro atoms. The third-order valence-corrected chi connectivity index (χ3v) is 2.97. The van der Waals surface area contributed by atoms with Crippen LogP contribution in [-0.2, 0) is 14.9 Å². The van der Waals surface area contributed by atoms with E-state index < -0.39 is 11.4 Å². The molecule has 0 bridgehead atoms. The van der Waals surface area contributed by atoms with Crippen molar-refractivity contribution >= 4 is 5.97 Å². The summed E-state index contributed by atoms with van der Waals surface area (Å²) >= 11 is 0. The Hall–Kier alpha value is -1.35. The van der Waals surface area contributed by atoms with Gasteiger partial charge in [-0.25, -0.2) is 0 Å². The minimum Gasteiger partial charge on any atom is -0.481 e. The molecule has 1 rings (SSSR count). The van der Waals surface area contributed by atoms with Crippen molar-refractivity contribution < 1.29 is 14.6 Å². The van der Waals surface area contributed by atoms with E-state index in [1.807, 2.05) is 31.2 Å². The van der Waals surface area contributed by atoms with Gasteiger partial charge < -0.3 is 9.84 Å². The Morgan fingerprint density at radius 1 is 1.38 bits per heavy atom. The highest BCUT2D eigenvalue weighted by atomic mass is 16.5. The smallest absolute Gasteiger partial charge is 0.313 e. The normalized spacial score (nSPS) is 14.4. The molecule has 1 aromatic rings. The molecule has 16 heavy (non-hydrogen) atoms. The third kappa shape index (κ3) is 2.61. The van der Waals surface area contributed by atoms with Gasteiger partial charge in [-0.15, -0.1) is 0 Å². The van der Waals surface area contributed by atoms with E-state index in [1.54, 1.807) is 14.0 Å². The summed E-state index contributed by atoms with van der Waals surface area (Å²) < 4.78 is 4.97. The minimum absolute atomic E-state index is 0.441. The van der Waals surface area contributed by atoms with Crippen molar-refractivity contribution in [3.63, 3.8) is 0 Å². The van der Waals surface area contributed by atoms with E-state index in [-0.39, 0.29) is 0 Å². The number of methoxy groups -OCH3 is 1. The van der Waals surface area contributed by atoms with Crippen molar-refractivity contribution in [1.82, 2.24) is 0 Å². The summed E-state index contributed by atoms with van der Waals surface area (Å²) in [6.45, 7) is 4.16. The van der Waals surface area contributed by atoms with Gasteiger partial charge >= 0.3 is 5.97 Å². The average molecular weight is 222 g/mol. The van der Waals surface area contributed by atoms with Crippen LogP contribution in [0, 0.1) is 6.92 Å². The number of aliphatic carboxylic acids is 1. The summed E-state index contributed by atoms with van der Waals surface area (Å²) in [5, 5.41) is 9.33. The number of benzene rings is 1. The van der Waals surface area contributed by atoms with Crippen LogP contribution in [-0.4, -0.2) is 24.8 Å². The first-order valence-corrected chi connectivity index (χ1v) is 5.30. The van der Waals surface area contributed by atoms with Crippen molar-refractivity contribution in [3.8, 4) is 0 Å². The number of carboxylic acids is 1. The summed E-state index contributed by atoms with van der Waals surface area (Å²) in [6, 6.07) is 7.62. The molecule has 0 saturated heterocycles. The van der Waals surface area contributed by atoms with Crippen molar-refractivity contribution in [2.75, 3.05) is 13.7 Å². The molecule has 0 aliphatic rings. The average Bonchev–Trinajstić information content (AvgIpc) is 2.26. The van der Waals surface area contributed by atoms with E-state index in [1.165, 1.54) is 0 Å². The first-order valence-electron chi connectivity index (χ1n) is 5.30. The van der Waals surface area contributed by atoms with Gasteiger partial charge in [0.15, 0.2) is 0 Å². The highest BCUT2D eigenvalue weighted by Gasteiger charge is 2.34. The Bertz CT molecular complexity index is 356. The molecule has 0 aliphatic heterocycles. The highest BCUT2D eigenvalue weighted by molar-refractivity contribution is 5.80. The van der Waals surface area contributed by atoms with Crippen LogP contribution < -0.4 is 0 Å². The Morgan fingerprint density at radius 2 is 1.94 bits per heavy atom. The van der Waals surface area contributed by atoms with E-state index in [0.29, 0.717) is 13.0 Å². The van der Waals surface area contributed by atoms with Gasteiger partial charge in [-0.1, -0.05) is 29.8 Å². The zero-order chi connectivity index (χ0) is 12.2. The van der Waals surface area contributed by atoms with Gasteiger partial charge in [0, 0.05) is 13.7 Å². The third-order valence-electron chi connectivity index (χ3n) is 2.97. The lowest BCUT2D eigenvalue weighted by atomic mass is 9.79. The topological polar surface area (TPSA) is 46.5 Å². The van der Waals surface area contributed by atoms with Crippen molar-refractivity contribution in [3.05, 3.63) is 35.4 Å². The van der Waals surface area contributed by atoms with Gasteiger partial charge in [0.25, 0.3) is 0 Å². The van der Waals surface area contributed by atoms with Crippen molar-refractivity contribution in [2.45, 2.75) is 25.7 Å². The lowest BCUT2D eigenvalue weighted by Crippen LogP contribution is -2.33. The zero-order valence-electron chi connectivity index (χ0n) is 9.99. The summed E-state index contributed by atoms with van der Waals surface area (Å²) in [5.74, 6) is -0.812. The van der Waals surface area contributed by atoms with Crippen molar-refractivity contribution in [1.29, 1.82) is 0 Å². The number of carboxylic acid groups (broad SMARTS) is 1. The van der Waals surface area contributed by atoms with Crippen LogP contribution in [0.5, 0.6) is 0 Å². The van der Waals surface area contributed by atoms with Crippen LogP contribution >= 0.6 is 0 Å². The van der Waals surface area contributed by atoms with Crippen LogP contribution in [0.25, 0.3) is 0 Å². The Kier molecular flexibility index (Phi) is 4.07. The summed E-state index contributed by atoms with van der Waals surface area (Å²) in [5.41, 5.74) is 1.08. The molecule has 1 N–H and O–H groups in total. The maximum Gasteiger partial charge on any atom is 0.313 e. The Morgan fingerprint density at radius 3 is 2.38 bits per heavy atom. The van der Waals surface area contributed by atoms with Gasteiger partial charge in [0.1, 0.15) is 0 Å². The largest absolute Gasteiger partial charge is 0.481 e. The monoisotopic (exact) mass is 222 g/mol. The van der Waals surface area contributed by atoms with Gasteiger partial charge in [-0.2, -0.15) is 0 Å². The molecule has 1 atom stereocenters. The minimum atomic E-state index is -0.871. The second-order valence-corrected chi connectivity index (χ2v) is 4.25. The highest BCUT2D eigenvalue weighted by Crippen LogP contribution is 2.28. The first kappa shape index (κ1) is 12.7. The van der Waals surface area contributed by atoms with E-state index >= 15 is 0 Å². The van der Waals surface area contributed by atoms with Gasteiger partial charge in [0.2, 0.25) is 0 Å². The number of hydrogen-bond donors (Lipinski definition) is 1. The zero-order valence-corrected chi connectivity index (χ0v) is 9.99. The quantitative estimate of drug-likeness (QED) is 0.832. The van der Waals surface area contributed by atoms with Crippen LogP contribution in [0.4, 0.5) is 0 Å². The standard InChI is InChI=1S/C13H18O3/c1-10-4-6-11(7-5-10)13(2,12(14)15)8-9-16-3/h4-7H,8-9H2,1-3H3,(H,14,15). The summed E-state index contributed by atoms with van der Waals surface area (Å²) in [6.07, 6.45) is 0.474. The van der Waals surface area contributed by atoms with E-state index in [9.17, 15) is 9.90 Å². The second kappa shape index (κ2) is 5.12. The Labute approximate surface area is 96.1 Å². The molecule has 3 nitrogen and oxygen atoms in total. The molecular weight excluding hydrogens is 204 g/mol. The summed E-state index contributed by atoms with van der Waals surface area (Å²) in [4.78, 5) is 11.4. The lowest BCUT2D eigenvalue weighted by molar-refractivity contribution is -0.143. The van der Waals surface area contributed by atoms with Gasteiger partial charge in [-0.3, -0.25) is 4.79 Å². The molecule has 0 heterocycles. The number of rotatable bonds is 5. The fraction of sp³-hybridized carbons (Fsp3) is 0.462. The van der Waals surface area contributed by atoms with E-state index in [0.717, 1.165) is 11.1 Å². The predicted molar refractivity (Wildman–Crippen MR) is 62.7 cm³/mol. The van der Waals surface area contributed by atoms with Crippen LogP contribution in [0.2, 0.25) is 0 Å². The van der Waals surface area contributed by atoms with Crippen LogP contribution in [0.3, 0.4) is 0 Å². The fourth-order valence-corrected chi connectivity index (χ4v) is 1.60. The van der Waals surface area contributed by atoms with E-state index in [4.69, 9.17) is 4.74 Å². The molecule has 0 fully saturated rings. The molecule has 1 aromatic carbocycles. The van der Waals surface area contributed by atoms with Crippen LogP contribution in [0.1, 0.15) is 24.5 Å². The molecule has 0 aromatic heterocycles. The van der Waals surface area contributed by atoms with Gasteiger partial charge in [-0.05, 0) is 25.8 Å². The molecule has 0 amide bonds. The number of aryl methyl sites for hydroxylation is 1. The molecule has 1 unspecified atom stereocenters. The molecule has 0 aliphatic carbocycles. The lowest BCUT2D eigenvalue weighted by Gasteiger charge is -2.25. The number of ether oxygens (including phenoxy) is 1.